The number of anilines is 1. The highest BCUT2D eigenvalue weighted by Gasteiger charge is 2.12. The first-order chi connectivity index (χ1) is 10.5. The maximum absolute atomic E-state index is 13.1. The van der Waals surface area contributed by atoms with Crippen LogP contribution in [0.3, 0.4) is 0 Å². The maximum atomic E-state index is 13.1. The highest BCUT2D eigenvalue weighted by Crippen LogP contribution is 2.19. The van der Waals surface area contributed by atoms with Crippen molar-refractivity contribution in [1.29, 1.82) is 0 Å². The third kappa shape index (κ3) is 4.29. The number of halogens is 2. The fourth-order valence-corrected chi connectivity index (χ4v) is 2.88. The van der Waals surface area contributed by atoms with Crippen molar-refractivity contribution in [2.75, 3.05) is 18.2 Å². The van der Waals surface area contributed by atoms with Gasteiger partial charge < -0.3 is 10.1 Å². The van der Waals surface area contributed by atoms with Gasteiger partial charge in [0.25, 0.3) is 0 Å². The monoisotopic (exact) mass is 341 g/mol. The molecule has 0 saturated heterocycles. The highest BCUT2D eigenvalue weighted by molar-refractivity contribution is 7.85. The van der Waals surface area contributed by atoms with Gasteiger partial charge >= 0.3 is 0 Å². The summed E-state index contributed by atoms with van der Waals surface area (Å²) in [6.45, 7) is 0. The lowest BCUT2D eigenvalue weighted by atomic mass is 10.3. The minimum absolute atomic E-state index is 0.124. The predicted octanol–water partition coefficient (Wildman–Crippen LogP) is 3.23. The van der Waals surface area contributed by atoms with Gasteiger partial charge in [0.05, 0.1) is 22.9 Å². The molecule has 0 unspecified atom stereocenters. The van der Waals surface area contributed by atoms with Crippen LogP contribution in [0.2, 0.25) is 5.02 Å². The van der Waals surface area contributed by atoms with Gasteiger partial charge in [0.2, 0.25) is 5.91 Å². The van der Waals surface area contributed by atoms with E-state index < -0.39 is 22.5 Å². The summed E-state index contributed by atoms with van der Waals surface area (Å²) in [6.07, 6.45) is 0. The molecule has 22 heavy (non-hydrogen) atoms. The number of carbonyl (C=O) groups excluding carboxylic acids is 1. The zero-order chi connectivity index (χ0) is 16.1. The minimum Gasteiger partial charge on any atom is -0.497 e. The number of hydrogen-bond donors (Lipinski definition) is 1. The SMILES string of the molecule is COc1ccc(NC(=O)C[S@@](=O)c2ccc(F)c(Cl)c2)cc1. The molecule has 4 nitrogen and oxygen atoms in total. The number of ether oxygens (including phenoxy) is 1. The third-order valence-electron chi connectivity index (χ3n) is 2.79. The van der Waals surface area contributed by atoms with Crippen LogP contribution < -0.4 is 10.1 Å². The van der Waals surface area contributed by atoms with E-state index in [1.54, 1.807) is 31.4 Å². The summed E-state index contributed by atoms with van der Waals surface area (Å²) in [5.41, 5.74) is 0.569. The molecule has 116 valence electrons. The Kier molecular flexibility index (Phi) is 5.51. The Morgan fingerprint density at radius 3 is 2.55 bits per heavy atom. The van der Waals surface area contributed by atoms with Crippen molar-refractivity contribution in [3.63, 3.8) is 0 Å². The molecule has 0 aliphatic heterocycles. The molecule has 0 radical (unpaired) electrons. The second-order valence-electron chi connectivity index (χ2n) is 4.34. The number of methoxy groups -OCH3 is 1. The topological polar surface area (TPSA) is 55.4 Å². The van der Waals surface area contributed by atoms with Crippen molar-refractivity contribution in [3.05, 3.63) is 53.3 Å². The zero-order valence-corrected chi connectivity index (χ0v) is 13.2. The molecule has 7 heteroatoms. The van der Waals surface area contributed by atoms with Crippen molar-refractivity contribution in [3.8, 4) is 5.75 Å². The first-order valence-corrected chi connectivity index (χ1v) is 7.96. The molecule has 0 aromatic heterocycles. The van der Waals surface area contributed by atoms with E-state index >= 15 is 0 Å². The average Bonchev–Trinajstić information content (AvgIpc) is 2.50. The van der Waals surface area contributed by atoms with Gasteiger partial charge in [-0.2, -0.15) is 0 Å². The van der Waals surface area contributed by atoms with Crippen LogP contribution in [-0.4, -0.2) is 23.0 Å². The van der Waals surface area contributed by atoms with Crippen LogP contribution in [-0.2, 0) is 15.6 Å². The predicted molar refractivity (Wildman–Crippen MR) is 84.3 cm³/mol. The van der Waals surface area contributed by atoms with Crippen LogP contribution in [0.4, 0.5) is 10.1 Å². The lowest BCUT2D eigenvalue weighted by molar-refractivity contribution is -0.113. The van der Waals surface area contributed by atoms with Gasteiger partial charge in [0.1, 0.15) is 17.3 Å². The van der Waals surface area contributed by atoms with E-state index in [1.165, 1.54) is 12.1 Å². The summed E-state index contributed by atoms with van der Waals surface area (Å²) in [7, 11) is -0.0534. The van der Waals surface area contributed by atoms with Crippen molar-refractivity contribution in [2.45, 2.75) is 4.90 Å². The van der Waals surface area contributed by atoms with Crippen molar-refractivity contribution < 1.29 is 18.1 Å². The molecular weight excluding hydrogens is 329 g/mol. The second-order valence-corrected chi connectivity index (χ2v) is 6.20. The van der Waals surface area contributed by atoms with Crippen molar-refractivity contribution >= 4 is 34.0 Å². The number of nitrogens with one attached hydrogen (secondary N) is 1. The maximum Gasteiger partial charge on any atom is 0.237 e. The third-order valence-corrected chi connectivity index (χ3v) is 4.38. The van der Waals surface area contributed by atoms with Crippen LogP contribution in [0.15, 0.2) is 47.4 Å². The Hall–Kier alpha value is -1.92. The molecular formula is C15H13ClFNO3S. The van der Waals surface area contributed by atoms with Crippen LogP contribution in [0.5, 0.6) is 5.75 Å². The summed E-state index contributed by atoms with van der Waals surface area (Å²) in [5.74, 6) is -0.579. The Balaban J connectivity index is 1.98. The molecule has 0 aliphatic rings. The molecule has 0 spiro atoms. The largest absolute Gasteiger partial charge is 0.497 e. The molecule has 1 N–H and O–H groups in total. The van der Waals surface area contributed by atoms with Crippen LogP contribution >= 0.6 is 11.6 Å². The number of benzene rings is 2. The first kappa shape index (κ1) is 16.5. The Labute approximate surface area is 134 Å². The summed E-state index contributed by atoms with van der Waals surface area (Å²) < 4.78 is 30.1. The van der Waals surface area contributed by atoms with Gasteiger partial charge in [-0.05, 0) is 42.5 Å². The highest BCUT2D eigenvalue weighted by atomic mass is 35.5. The second kappa shape index (κ2) is 7.38. The van der Waals surface area contributed by atoms with Gasteiger partial charge in [-0.15, -0.1) is 0 Å². The van der Waals surface area contributed by atoms with E-state index in [1.807, 2.05) is 0 Å². The first-order valence-electron chi connectivity index (χ1n) is 6.27. The van der Waals surface area contributed by atoms with E-state index in [2.05, 4.69) is 5.32 Å². The quantitative estimate of drug-likeness (QED) is 0.908. The Morgan fingerprint density at radius 1 is 1.27 bits per heavy atom. The average molecular weight is 342 g/mol. The van der Waals surface area contributed by atoms with E-state index in [-0.39, 0.29) is 10.8 Å². The van der Waals surface area contributed by atoms with Crippen LogP contribution in [0.25, 0.3) is 0 Å². The van der Waals surface area contributed by atoms with E-state index in [9.17, 15) is 13.4 Å². The van der Waals surface area contributed by atoms with Crippen LogP contribution in [0.1, 0.15) is 0 Å². The molecule has 0 fully saturated rings. The normalized spacial score (nSPS) is 11.8. The molecule has 1 amide bonds. The lowest BCUT2D eigenvalue weighted by Gasteiger charge is -2.07. The molecule has 0 heterocycles. The standard InChI is InChI=1S/C15H13ClFNO3S/c1-21-11-4-2-10(3-5-11)18-15(19)9-22(20)12-6-7-14(17)13(16)8-12/h2-8H,9H2,1H3,(H,18,19)/t22-/m1/s1. The molecule has 2 aromatic rings. The molecule has 0 bridgehead atoms. The molecule has 2 aromatic carbocycles. The fraction of sp³-hybridized carbons (Fsp3) is 0.133. The van der Waals surface area contributed by atoms with E-state index in [4.69, 9.17) is 16.3 Å². The van der Waals surface area contributed by atoms with Gasteiger partial charge in [0, 0.05) is 10.6 Å². The molecule has 2 rings (SSSR count). The summed E-state index contributed by atoms with van der Waals surface area (Å²) in [5, 5.41) is 2.50. The lowest BCUT2D eigenvalue weighted by Crippen LogP contribution is -2.19. The number of rotatable bonds is 5. The number of amides is 1. The Morgan fingerprint density at radius 2 is 1.95 bits per heavy atom. The molecule has 0 saturated carbocycles. The van der Waals surface area contributed by atoms with Gasteiger partial charge in [-0.1, -0.05) is 11.6 Å². The molecule has 1 atom stereocenters. The van der Waals surface area contributed by atoms with Crippen molar-refractivity contribution in [2.24, 2.45) is 0 Å². The molecule has 0 aliphatic carbocycles. The van der Waals surface area contributed by atoms with Gasteiger partial charge in [-0.25, -0.2) is 4.39 Å². The summed E-state index contributed by atoms with van der Waals surface area (Å²) in [4.78, 5) is 12.2. The van der Waals surface area contributed by atoms with E-state index in [0.29, 0.717) is 16.3 Å². The number of hydrogen-bond acceptors (Lipinski definition) is 3. The fourth-order valence-electron chi connectivity index (χ4n) is 1.69. The van der Waals surface area contributed by atoms with E-state index in [0.717, 1.165) is 6.07 Å². The van der Waals surface area contributed by atoms with Crippen molar-refractivity contribution in [1.82, 2.24) is 0 Å². The van der Waals surface area contributed by atoms with Gasteiger partial charge in [-0.3, -0.25) is 9.00 Å². The number of carbonyl (C=O) groups is 1. The summed E-state index contributed by atoms with van der Waals surface area (Å²) >= 11 is 5.63. The smallest absolute Gasteiger partial charge is 0.237 e. The minimum atomic E-state index is -1.60. The summed E-state index contributed by atoms with van der Waals surface area (Å²) in [6, 6.07) is 10.5. The van der Waals surface area contributed by atoms with Crippen LogP contribution in [0, 0.1) is 5.82 Å². The van der Waals surface area contributed by atoms with Gasteiger partial charge in [0.15, 0.2) is 0 Å². The Bertz CT molecular complexity index is 706. The zero-order valence-electron chi connectivity index (χ0n) is 11.6.